The molecule has 1 fully saturated rings. The first-order valence-electron chi connectivity index (χ1n) is 5.97. The fourth-order valence-electron chi connectivity index (χ4n) is 2.18. The maximum Gasteiger partial charge on any atom is 0.0961 e. The standard InChI is InChI=1S/C11H19BrN4/c1-9-11(6-12)14-15-16(9)8-10-4-2-3-5-13-7-10/h10,13H,2-8H2,1H3. The lowest BCUT2D eigenvalue weighted by molar-refractivity contribution is 0.381. The molecule has 1 N–H and O–H groups in total. The van der Waals surface area contributed by atoms with Crippen LogP contribution in [0.1, 0.15) is 30.7 Å². The molecule has 1 atom stereocenters. The minimum Gasteiger partial charge on any atom is -0.316 e. The molecule has 90 valence electrons. The van der Waals surface area contributed by atoms with Crippen molar-refractivity contribution in [2.75, 3.05) is 13.1 Å². The Bertz CT molecular complexity index is 329. The number of aromatic nitrogens is 3. The third kappa shape index (κ3) is 2.83. The first-order chi connectivity index (χ1) is 7.81. The Labute approximate surface area is 105 Å². The summed E-state index contributed by atoms with van der Waals surface area (Å²) >= 11 is 3.43. The molecule has 1 aromatic rings. The van der Waals surface area contributed by atoms with Crippen LogP contribution in [0.2, 0.25) is 0 Å². The van der Waals surface area contributed by atoms with Crippen molar-refractivity contribution in [3.05, 3.63) is 11.4 Å². The second-order valence-electron chi connectivity index (χ2n) is 4.50. The van der Waals surface area contributed by atoms with E-state index in [4.69, 9.17) is 0 Å². The van der Waals surface area contributed by atoms with Crippen molar-refractivity contribution in [1.82, 2.24) is 20.3 Å². The Hall–Kier alpha value is -0.420. The number of nitrogens with zero attached hydrogens (tertiary/aromatic N) is 3. The van der Waals surface area contributed by atoms with E-state index in [9.17, 15) is 0 Å². The summed E-state index contributed by atoms with van der Waals surface area (Å²) in [4.78, 5) is 0. The molecule has 16 heavy (non-hydrogen) atoms. The second kappa shape index (κ2) is 5.77. The summed E-state index contributed by atoms with van der Waals surface area (Å²) in [6.45, 7) is 5.38. The third-order valence-corrected chi connectivity index (χ3v) is 3.82. The molecule has 0 bridgehead atoms. The van der Waals surface area contributed by atoms with E-state index in [0.717, 1.165) is 24.1 Å². The van der Waals surface area contributed by atoms with Gasteiger partial charge < -0.3 is 5.32 Å². The largest absolute Gasteiger partial charge is 0.316 e. The topological polar surface area (TPSA) is 42.7 Å². The molecule has 0 amide bonds. The molecule has 5 heteroatoms. The van der Waals surface area contributed by atoms with Crippen LogP contribution in [0.25, 0.3) is 0 Å². The van der Waals surface area contributed by atoms with Crippen molar-refractivity contribution in [2.24, 2.45) is 5.92 Å². The van der Waals surface area contributed by atoms with Gasteiger partial charge in [-0.2, -0.15) is 0 Å². The lowest BCUT2D eigenvalue weighted by atomic mass is 10.0. The van der Waals surface area contributed by atoms with Gasteiger partial charge in [-0.25, -0.2) is 4.68 Å². The van der Waals surface area contributed by atoms with E-state index in [-0.39, 0.29) is 0 Å². The zero-order valence-corrected chi connectivity index (χ0v) is 11.3. The van der Waals surface area contributed by atoms with Gasteiger partial charge in [0.25, 0.3) is 0 Å². The summed E-state index contributed by atoms with van der Waals surface area (Å²) in [5.41, 5.74) is 2.25. The lowest BCUT2D eigenvalue weighted by Gasteiger charge is -2.14. The Morgan fingerprint density at radius 1 is 1.50 bits per heavy atom. The van der Waals surface area contributed by atoms with Crippen LogP contribution >= 0.6 is 15.9 Å². The van der Waals surface area contributed by atoms with E-state index < -0.39 is 0 Å². The predicted octanol–water partition coefficient (Wildman–Crippen LogP) is 1.87. The van der Waals surface area contributed by atoms with Gasteiger partial charge in [-0.05, 0) is 38.8 Å². The normalized spacial score (nSPS) is 22.0. The first-order valence-corrected chi connectivity index (χ1v) is 7.09. The van der Waals surface area contributed by atoms with E-state index in [1.165, 1.54) is 31.5 Å². The van der Waals surface area contributed by atoms with Crippen molar-refractivity contribution in [3.8, 4) is 0 Å². The molecular formula is C11H19BrN4. The van der Waals surface area contributed by atoms with Crippen LogP contribution in [0.5, 0.6) is 0 Å². The van der Waals surface area contributed by atoms with Crippen LogP contribution in [0.4, 0.5) is 0 Å². The lowest BCUT2D eigenvalue weighted by Crippen LogP contribution is -2.24. The smallest absolute Gasteiger partial charge is 0.0961 e. The van der Waals surface area contributed by atoms with E-state index in [1.807, 2.05) is 4.68 Å². The van der Waals surface area contributed by atoms with Crippen LogP contribution in [-0.2, 0) is 11.9 Å². The fourth-order valence-corrected chi connectivity index (χ4v) is 2.70. The van der Waals surface area contributed by atoms with Gasteiger partial charge in [0.15, 0.2) is 0 Å². The number of hydrogen-bond acceptors (Lipinski definition) is 3. The zero-order chi connectivity index (χ0) is 11.4. The average Bonchev–Trinajstić information content (AvgIpc) is 2.52. The van der Waals surface area contributed by atoms with Crippen LogP contribution in [-0.4, -0.2) is 28.1 Å². The number of rotatable bonds is 3. The molecule has 0 spiro atoms. The highest BCUT2D eigenvalue weighted by Gasteiger charge is 2.15. The molecule has 1 unspecified atom stereocenters. The molecule has 0 aliphatic carbocycles. The van der Waals surface area contributed by atoms with E-state index in [1.54, 1.807) is 0 Å². The van der Waals surface area contributed by atoms with Gasteiger partial charge in [0.1, 0.15) is 0 Å². The SMILES string of the molecule is Cc1c(CBr)nnn1CC1CCCCNC1. The first kappa shape index (κ1) is 12.0. The van der Waals surface area contributed by atoms with E-state index in [2.05, 4.69) is 38.5 Å². The summed E-state index contributed by atoms with van der Waals surface area (Å²) in [6, 6.07) is 0. The highest BCUT2D eigenvalue weighted by molar-refractivity contribution is 9.08. The summed E-state index contributed by atoms with van der Waals surface area (Å²) in [6.07, 6.45) is 3.94. The van der Waals surface area contributed by atoms with Crippen molar-refractivity contribution < 1.29 is 0 Å². The maximum absolute atomic E-state index is 4.22. The molecule has 1 saturated heterocycles. The van der Waals surface area contributed by atoms with Crippen LogP contribution in [0.3, 0.4) is 0 Å². The molecule has 1 aliphatic heterocycles. The van der Waals surface area contributed by atoms with Gasteiger partial charge in [-0.1, -0.05) is 27.6 Å². The Kier molecular flexibility index (Phi) is 4.35. The molecule has 4 nitrogen and oxygen atoms in total. The second-order valence-corrected chi connectivity index (χ2v) is 5.06. The number of nitrogens with one attached hydrogen (secondary N) is 1. The Balaban J connectivity index is 1.99. The quantitative estimate of drug-likeness (QED) is 0.863. The summed E-state index contributed by atoms with van der Waals surface area (Å²) < 4.78 is 2.05. The van der Waals surface area contributed by atoms with Crippen molar-refractivity contribution >= 4 is 15.9 Å². The molecule has 1 aliphatic rings. The van der Waals surface area contributed by atoms with Gasteiger partial charge in [0, 0.05) is 11.9 Å². The van der Waals surface area contributed by atoms with Crippen molar-refractivity contribution in [2.45, 2.75) is 38.1 Å². The number of alkyl halides is 1. The Morgan fingerprint density at radius 2 is 2.38 bits per heavy atom. The minimum absolute atomic E-state index is 0.700. The molecule has 2 heterocycles. The third-order valence-electron chi connectivity index (χ3n) is 3.28. The van der Waals surface area contributed by atoms with Crippen LogP contribution in [0.15, 0.2) is 0 Å². The summed E-state index contributed by atoms with van der Waals surface area (Å²) in [7, 11) is 0. The highest BCUT2D eigenvalue weighted by atomic mass is 79.9. The molecule has 0 aromatic carbocycles. The van der Waals surface area contributed by atoms with E-state index in [0.29, 0.717) is 5.92 Å². The maximum atomic E-state index is 4.22. The zero-order valence-electron chi connectivity index (χ0n) is 9.75. The molecule has 1 aromatic heterocycles. The highest BCUT2D eigenvalue weighted by Crippen LogP contribution is 2.15. The van der Waals surface area contributed by atoms with E-state index >= 15 is 0 Å². The Morgan fingerprint density at radius 3 is 3.12 bits per heavy atom. The molecule has 0 saturated carbocycles. The monoisotopic (exact) mass is 286 g/mol. The van der Waals surface area contributed by atoms with Crippen LogP contribution in [0, 0.1) is 12.8 Å². The summed E-state index contributed by atoms with van der Waals surface area (Å²) in [5, 5.41) is 12.7. The molecule has 2 rings (SSSR count). The van der Waals surface area contributed by atoms with Crippen molar-refractivity contribution in [3.63, 3.8) is 0 Å². The molecular weight excluding hydrogens is 268 g/mol. The van der Waals surface area contributed by atoms with Crippen LogP contribution < -0.4 is 5.32 Å². The number of halogens is 1. The van der Waals surface area contributed by atoms with Crippen molar-refractivity contribution in [1.29, 1.82) is 0 Å². The minimum atomic E-state index is 0.700. The van der Waals surface area contributed by atoms with Gasteiger partial charge in [-0.3, -0.25) is 0 Å². The predicted molar refractivity (Wildman–Crippen MR) is 67.6 cm³/mol. The summed E-state index contributed by atoms with van der Waals surface area (Å²) in [5.74, 6) is 0.700. The number of hydrogen-bond donors (Lipinski definition) is 1. The average molecular weight is 287 g/mol. The van der Waals surface area contributed by atoms with Gasteiger partial charge in [0.2, 0.25) is 0 Å². The van der Waals surface area contributed by atoms with Gasteiger partial charge in [-0.15, -0.1) is 5.10 Å². The fraction of sp³-hybridized carbons (Fsp3) is 0.818. The van der Waals surface area contributed by atoms with Gasteiger partial charge in [0.05, 0.1) is 11.4 Å². The molecule has 0 radical (unpaired) electrons. The van der Waals surface area contributed by atoms with Gasteiger partial charge >= 0.3 is 0 Å².